The summed E-state index contributed by atoms with van der Waals surface area (Å²) in [7, 11) is 1.63. The number of aromatic nitrogens is 2. The SMILES string of the molecule is CCN(C(=O)c1cc(C)nc(NCCOC)n1)c1ccccc1. The van der Waals surface area contributed by atoms with Crippen molar-refractivity contribution in [2.24, 2.45) is 0 Å². The van der Waals surface area contributed by atoms with E-state index in [9.17, 15) is 4.79 Å². The number of rotatable bonds is 7. The van der Waals surface area contributed by atoms with E-state index in [1.54, 1.807) is 18.1 Å². The number of anilines is 2. The summed E-state index contributed by atoms with van der Waals surface area (Å²) >= 11 is 0. The maximum atomic E-state index is 12.8. The van der Waals surface area contributed by atoms with Crippen molar-refractivity contribution < 1.29 is 9.53 Å². The number of hydrogen-bond acceptors (Lipinski definition) is 5. The highest BCUT2D eigenvalue weighted by molar-refractivity contribution is 6.04. The molecule has 1 aromatic carbocycles. The van der Waals surface area contributed by atoms with Gasteiger partial charge in [0.25, 0.3) is 5.91 Å². The Kier molecular flexibility index (Phi) is 6.05. The second-order valence-electron chi connectivity index (χ2n) is 5.02. The number of para-hydroxylation sites is 1. The first-order chi connectivity index (χ1) is 11.2. The molecule has 0 spiro atoms. The molecule has 0 unspecified atom stereocenters. The molecule has 0 fully saturated rings. The Bertz CT molecular complexity index is 646. The highest BCUT2D eigenvalue weighted by atomic mass is 16.5. The highest BCUT2D eigenvalue weighted by Gasteiger charge is 2.18. The number of hydrogen-bond donors (Lipinski definition) is 1. The zero-order valence-corrected chi connectivity index (χ0v) is 13.7. The van der Waals surface area contributed by atoms with Crippen LogP contribution in [-0.4, -0.2) is 42.7 Å². The van der Waals surface area contributed by atoms with Crippen molar-refractivity contribution in [2.75, 3.05) is 37.0 Å². The van der Waals surface area contributed by atoms with E-state index in [2.05, 4.69) is 15.3 Å². The van der Waals surface area contributed by atoms with Crippen LogP contribution < -0.4 is 10.2 Å². The van der Waals surface area contributed by atoms with Crippen LogP contribution in [0.4, 0.5) is 11.6 Å². The Morgan fingerprint density at radius 2 is 2.00 bits per heavy atom. The molecule has 6 heteroatoms. The topological polar surface area (TPSA) is 67.4 Å². The fourth-order valence-electron chi connectivity index (χ4n) is 2.21. The number of carbonyl (C=O) groups excluding carboxylic acids is 1. The average Bonchev–Trinajstić information content (AvgIpc) is 2.56. The first-order valence-electron chi connectivity index (χ1n) is 7.61. The van der Waals surface area contributed by atoms with Gasteiger partial charge in [-0.2, -0.15) is 0 Å². The summed E-state index contributed by atoms with van der Waals surface area (Å²) in [6, 6.07) is 11.3. The number of ether oxygens (including phenoxy) is 1. The van der Waals surface area contributed by atoms with E-state index in [-0.39, 0.29) is 5.91 Å². The van der Waals surface area contributed by atoms with Gasteiger partial charge in [0.15, 0.2) is 0 Å². The maximum Gasteiger partial charge on any atom is 0.277 e. The van der Waals surface area contributed by atoms with E-state index in [0.29, 0.717) is 31.3 Å². The molecule has 0 atom stereocenters. The van der Waals surface area contributed by atoms with Gasteiger partial charge in [-0.1, -0.05) is 18.2 Å². The summed E-state index contributed by atoms with van der Waals surface area (Å²) in [5, 5.41) is 3.06. The van der Waals surface area contributed by atoms with Gasteiger partial charge >= 0.3 is 0 Å². The zero-order valence-electron chi connectivity index (χ0n) is 13.7. The number of nitrogens with zero attached hydrogens (tertiary/aromatic N) is 3. The molecule has 2 rings (SSSR count). The average molecular weight is 314 g/mol. The standard InChI is InChI=1S/C17H22N4O2/c1-4-21(14-8-6-5-7-9-14)16(22)15-12-13(2)19-17(20-15)18-10-11-23-3/h5-9,12H,4,10-11H2,1-3H3,(H,18,19,20). The minimum absolute atomic E-state index is 0.140. The summed E-state index contributed by atoms with van der Waals surface area (Å²) in [5.74, 6) is 0.300. The predicted molar refractivity (Wildman–Crippen MR) is 90.9 cm³/mol. The van der Waals surface area contributed by atoms with Crippen molar-refractivity contribution in [1.82, 2.24) is 9.97 Å². The van der Waals surface area contributed by atoms with Crippen LogP contribution in [-0.2, 0) is 4.74 Å². The first kappa shape index (κ1) is 16.9. The predicted octanol–water partition coefficient (Wildman–Crippen LogP) is 2.51. The molecule has 0 aliphatic heterocycles. The monoisotopic (exact) mass is 314 g/mol. The van der Waals surface area contributed by atoms with E-state index in [0.717, 1.165) is 11.4 Å². The quantitative estimate of drug-likeness (QED) is 0.795. The van der Waals surface area contributed by atoms with E-state index < -0.39 is 0 Å². The van der Waals surface area contributed by atoms with Crippen molar-refractivity contribution >= 4 is 17.5 Å². The molecular weight excluding hydrogens is 292 g/mol. The van der Waals surface area contributed by atoms with E-state index >= 15 is 0 Å². The Hall–Kier alpha value is -2.47. The lowest BCUT2D eigenvalue weighted by Crippen LogP contribution is -2.31. The second kappa shape index (κ2) is 8.24. The van der Waals surface area contributed by atoms with Crippen LogP contribution in [0.15, 0.2) is 36.4 Å². The Balaban J connectivity index is 2.23. The number of amides is 1. The summed E-state index contributed by atoms with van der Waals surface area (Å²) in [4.78, 5) is 23.1. The molecule has 0 bridgehead atoms. The molecule has 122 valence electrons. The van der Waals surface area contributed by atoms with Gasteiger partial charge in [-0.05, 0) is 32.0 Å². The third kappa shape index (κ3) is 4.50. The Morgan fingerprint density at radius 3 is 2.65 bits per heavy atom. The molecule has 0 radical (unpaired) electrons. The molecule has 0 saturated carbocycles. The summed E-state index contributed by atoms with van der Waals surface area (Å²) in [5.41, 5.74) is 1.97. The largest absolute Gasteiger partial charge is 0.383 e. The van der Waals surface area contributed by atoms with Crippen molar-refractivity contribution in [1.29, 1.82) is 0 Å². The van der Waals surface area contributed by atoms with Gasteiger partial charge in [0.1, 0.15) is 5.69 Å². The second-order valence-corrected chi connectivity index (χ2v) is 5.02. The molecule has 1 heterocycles. The Morgan fingerprint density at radius 1 is 1.26 bits per heavy atom. The van der Waals surface area contributed by atoms with Crippen LogP contribution >= 0.6 is 0 Å². The summed E-state index contributed by atoms with van der Waals surface area (Å²) < 4.78 is 4.99. The van der Waals surface area contributed by atoms with Crippen molar-refractivity contribution in [3.63, 3.8) is 0 Å². The van der Waals surface area contributed by atoms with E-state index in [1.165, 1.54) is 0 Å². The zero-order chi connectivity index (χ0) is 16.7. The third-order valence-electron chi connectivity index (χ3n) is 3.29. The minimum Gasteiger partial charge on any atom is -0.383 e. The number of nitrogens with one attached hydrogen (secondary N) is 1. The number of aryl methyl sites for hydroxylation is 1. The molecule has 1 N–H and O–H groups in total. The number of methoxy groups -OCH3 is 1. The molecule has 1 aromatic heterocycles. The van der Waals surface area contributed by atoms with Crippen molar-refractivity contribution in [3.05, 3.63) is 47.8 Å². The van der Waals surface area contributed by atoms with Crippen LogP contribution in [0.1, 0.15) is 23.1 Å². The maximum absolute atomic E-state index is 12.8. The van der Waals surface area contributed by atoms with Gasteiger partial charge in [0.05, 0.1) is 6.61 Å². The van der Waals surface area contributed by atoms with Gasteiger partial charge in [-0.15, -0.1) is 0 Å². The van der Waals surface area contributed by atoms with Crippen LogP contribution in [0, 0.1) is 6.92 Å². The van der Waals surface area contributed by atoms with Crippen molar-refractivity contribution in [2.45, 2.75) is 13.8 Å². The lowest BCUT2D eigenvalue weighted by Gasteiger charge is -2.21. The molecule has 6 nitrogen and oxygen atoms in total. The first-order valence-corrected chi connectivity index (χ1v) is 7.61. The van der Waals surface area contributed by atoms with Crippen LogP contribution in [0.5, 0.6) is 0 Å². The number of benzene rings is 1. The number of carbonyl (C=O) groups is 1. The van der Waals surface area contributed by atoms with Crippen molar-refractivity contribution in [3.8, 4) is 0 Å². The van der Waals surface area contributed by atoms with E-state index in [1.807, 2.05) is 44.2 Å². The molecule has 0 saturated heterocycles. The van der Waals surface area contributed by atoms with Crippen LogP contribution in [0.25, 0.3) is 0 Å². The lowest BCUT2D eigenvalue weighted by molar-refractivity contribution is 0.0983. The van der Waals surface area contributed by atoms with Gasteiger partial charge < -0.3 is 15.0 Å². The normalized spacial score (nSPS) is 10.4. The van der Waals surface area contributed by atoms with Gasteiger partial charge in [-0.3, -0.25) is 4.79 Å². The highest BCUT2D eigenvalue weighted by Crippen LogP contribution is 2.16. The lowest BCUT2D eigenvalue weighted by atomic mass is 10.2. The van der Waals surface area contributed by atoms with Gasteiger partial charge in [-0.25, -0.2) is 9.97 Å². The molecule has 1 amide bonds. The van der Waals surface area contributed by atoms with E-state index in [4.69, 9.17) is 4.74 Å². The molecule has 0 aliphatic carbocycles. The van der Waals surface area contributed by atoms with Crippen LogP contribution in [0.2, 0.25) is 0 Å². The fourth-order valence-corrected chi connectivity index (χ4v) is 2.21. The van der Waals surface area contributed by atoms with Gasteiger partial charge in [0, 0.05) is 31.6 Å². The fraction of sp³-hybridized carbons (Fsp3) is 0.353. The third-order valence-corrected chi connectivity index (χ3v) is 3.29. The molecular formula is C17H22N4O2. The minimum atomic E-state index is -0.140. The molecule has 2 aromatic rings. The summed E-state index contributed by atoms with van der Waals surface area (Å²) in [6.07, 6.45) is 0. The molecule has 23 heavy (non-hydrogen) atoms. The smallest absolute Gasteiger partial charge is 0.277 e. The summed E-state index contributed by atoms with van der Waals surface area (Å²) in [6.45, 7) is 5.49. The van der Waals surface area contributed by atoms with Crippen LogP contribution in [0.3, 0.4) is 0 Å². The molecule has 0 aliphatic rings. The Labute approximate surface area is 136 Å². The van der Waals surface area contributed by atoms with Gasteiger partial charge in [0.2, 0.25) is 5.95 Å².